The van der Waals surface area contributed by atoms with E-state index in [-0.39, 0.29) is 38.6 Å². The van der Waals surface area contributed by atoms with Gasteiger partial charge in [-0.1, -0.05) is 289 Å². The van der Waals surface area contributed by atoms with Gasteiger partial charge in [-0.25, -0.2) is 0 Å². The zero-order valence-corrected chi connectivity index (χ0v) is 55.4. The molecule has 0 rings (SSSR count). The van der Waals surface area contributed by atoms with Crippen LogP contribution in [0.25, 0.3) is 0 Å². The highest BCUT2D eigenvalue weighted by atomic mass is 16.7. The Morgan fingerprint density at radius 1 is 0.353 bits per heavy atom. The molecule has 486 valence electrons. The van der Waals surface area contributed by atoms with E-state index in [9.17, 15) is 19.5 Å². The molecule has 0 fully saturated rings. The number of unbranched alkanes of at least 4 members (excludes halogenated alkanes) is 28. The van der Waals surface area contributed by atoms with E-state index >= 15 is 0 Å². The Hall–Kier alpha value is -4.31. The van der Waals surface area contributed by atoms with Crippen molar-refractivity contribution in [3.8, 4) is 0 Å². The molecule has 0 amide bonds. The fourth-order valence-corrected chi connectivity index (χ4v) is 9.47. The van der Waals surface area contributed by atoms with Crippen LogP contribution in [-0.4, -0.2) is 82.3 Å². The van der Waals surface area contributed by atoms with Gasteiger partial charge in [0.25, 0.3) is 0 Å². The summed E-state index contributed by atoms with van der Waals surface area (Å²) in [6.45, 7) is 4.53. The number of ether oxygens (including phenoxy) is 4. The van der Waals surface area contributed by atoms with E-state index in [2.05, 4.69) is 135 Å². The Morgan fingerprint density at radius 3 is 0.941 bits per heavy atom. The van der Waals surface area contributed by atoms with Crippen molar-refractivity contribution in [3.05, 3.63) is 122 Å². The van der Waals surface area contributed by atoms with Crippen molar-refractivity contribution in [1.29, 1.82) is 0 Å². The van der Waals surface area contributed by atoms with Gasteiger partial charge in [-0.3, -0.25) is 9.59 Å². The lowest BCUT2D eigenvalue weighted by Crippen LogP contribution is -2.44. The summed E-state index contributed by atoms with van der Waals surface area (Å²) >= 11 is 0. The van der Waals surface area contributed by atoms with Gasteiger partial charge in [-0.2, -0.15) is 0 Å². The number of rotatable bonds is 63. The van der Waals surface area contributed by atoms with Gasteiger partial charge < -0.3 is 33.3 Å². The number of nitrogens with zero attached hydrogens (tertiary/aromatic N) is 1. The van der Waals surface area contributed by atoms with Gasteiger partial charge in [0.05, 0.1) is 40.3 Å². The Balaban J connectivity index is 4.13. The number of hydrogen-bond donors (Lipinski definition) is 0. The molecule has 0 spiro atoms. The highest BCUT2D eigenvalue weighted by Crippen LogP contribution is 2.17. The zero-order chi connectivity index (χ0) is 61.9. The second-order valence-corrected chi connectivity index (χ2v) is 24.1. The Bertz CT molecular complexity index is 1810. The minimum Gasteiger partial charge on any atom is -0.545 e. The molecule has 9 heteroatoms. The molecule has 0 N–H and O–H groups in total. The third kappa shape index (κ3) is 67.1. The topological polar surface area (TPSA) is 111 Å². The maximum atomic E-state index is 12.9. The van der Waals surface area contributed by atoms with Gasteiger partial charge in [0.15, 0.2) is 12.4 Å². The van der Waals surface area contributed by atoms with Crippen molar-refractivity contribution >= 4 is 17.9 Å². The number of carbonyl (C=O) groups excluding carboxylic acids is 3. The number of esters is 2. The van der Waals surface area contributed by atoms with Gasteiger partial charge in [-0.15, -0.1) is 0 Å². The minimum absolute atomic E-state index is 0.141. The van der Waals surface area contributed by atoms with Crippen LogP contribution in [0.5, 0.6) is 0 Å². The average molecular weight is 1180 g/mol. The number of carbonyl (C=O) groups is 3. The first-order chi connectivity index (χ1) is 41.6. The molecule has 0 bridgehead atoms. The lowest BCUT2D eigenvalue weighted by molar-refractivity contribution is -0.870. The van der Waals surface area contributed by atoms with Gasteiger partial charge in [0, 0.05) is 12.8 Å². The summed E-state index contributed by atoms with van der Waals surface area (Å²) in [4.78, 5) is 37.5. The number of allylic oxidation sites excluding steroid dienone is 20. The highest BCUT2D eigenvalue weighted by molar-refractivity contribution is 5.70. The second kappa shape index (κ2) is 65.7. The first-order valence-electron chi connectivity index (χ1n) is 34.7. The van der Waals surface area contributed by atoms with Crippen molar-refractivity contribution < 1.29 is 42.9 Å². The molecule has 2 atom stereocenters. The lowest BCUT2D eigenvalue weighted by Gasteiger charge is -2.26. The number of carboxylic acid groups (broad SMARTS) is 1. The van der Waals surface area contributed by atoms with Crippen LogP contribution < -0.4 is 5.11 Å². The highest BCUT2D eigenvalue weighted by Gasteiger charge is 2.22. The van der Waals surface area contributed by atoms with Crippen LogP contribution in [0.15, 0.2) is 122 Å². The lowest BCUT2D eigenvalue weighted by atomic mass is 10.0. The summed E-state index contributed by atoms with van der Waals surface area (Å²) in [6, 6.07) is 0. The normalized spacial score (nSPS) is 13.5. The first kappa shape index (κ1) is 80.7. The van der Waals surface area contributed by atoms with Crippen LogP contribution >= 0.6 is 0 Å². The second-order valence-electron chi connectivity index (χ2n) is 24.1. The van der Waals surface area contributed by atoms with Crippen molar-refractivity contribution in [1.82, 2.24) is 0 Å². The molecule has 0 aromatic heterocycles. The van der Waals surface area contributed by atoms with Crippen molar-refractivity contribution in [2.24, 2.45) is 0 Å². The predicted molar refractivity (Wildman–Crippen MR) is 361 cm³/mol. The fraction of sp³-hybridized carbons (Fsp3) is 0.697. The summed E-state index contributed by atoms with van der Waals surface area (Å²) < 4.78 is 22.8. The van der Waals surface area contributed by atoms with E-state index in [1.807, 2.05) is 21.1 Å². The zero-order valence-electron chi connectivity index (χ0n) is 55.4. The van der Waals surface area contributed by atoms with Crippen molar-refractivity contribution in [2.75, 3.05) is 47.5 Å². The molecule has 0 aromatic rings. The van der Waals surface area contributed by atoms with Crippen molar-refractivity contribution in [2.45, 2.75) is 296 Å². The van der Waals surface area contributed by atoms with Gasteiger partial charge >= 0.3 is 11.9 Å². The predicted octanol–water partition coefficient (Wildman–Crippen LogP) is 20.2. The molecule has 0 radical (unpaired) electrons. The van der Waals surface area contributed by atoms with Gasteiger partial charge in [0.2, 0.25) is 0 Å². The van der Waals surface area contributed by atoms with Crippen LogP contribution in [0.2, 0.25) is 0 Å². The van der Waals surface area contributed by atoms with Gasteiger partial charge in [0.1, 0.15) is 13.2 Å². The number of quaternary nitrogens is 1. The van der Waals surface area contributed by atoms with Crippen LogP contribution in [0.1, 0.15) is 284 Å². The van der Waals surface area contributed by atoms with E-state index in [4.69, 9.17) is 18.9 Å². The fourth-order valence-electron chi connectivity index (χ4n) is 9.47. The van der Waals surface area contributed by atoms with Crippen LogP contribution in [0.4, 0.5) is 0 Å². The molecular weight excluding hydrogens is 1050 g/mol. The molecule has 0 aromatic carbocycles. The molecule has 2 unspecified atom stereocenters. The number of aliphatic carboxylic acids is 1. The molecule has 0 saturated carbocycles. The van der Waals surface area contributed by atoms with Crippen LogP contribution in [0, 0.1) is 0 Å². The SMILES string of the molecule is CC/C=C\C/C=C\C/C=C\C/C=C\C/C=C\C/C=C\CCCCCCCCCCC(=O)OC(COC(=O)CCCCCCCCCCCCCCCCCCCCCC/C=C\C/C=C\C/C=C\C/C=C\CC)COC(OCC[N+](C)(C)C)C(=O)[O-]. The molecule has 0 aliphatic heterocycles. The number of likely N-dealkylation sites (N-methyl/N-ethyl adjacent to an activating group) is 1. The Kier molecular flexibility index (Phi) is 62.3. The van der Waals surface area contributed by atoms with E-state index in [0.29, 0.717) is 17.4 Å². The Morgan fingerprint density at radius 2 is 0.635 bits per heavy atom. The molecule has 0 heterocycles. The average Bonchev–Trinajstić information content (AvgIpc) is 3.48. The third-order valence-corrected chi connectivity index (χ3v) is 14.7. The molecular formula is C76H129NO8. The standard InChI is InChI=1S/C76H129NO8/c1-6-8-10-12-14-16-18-20-22-24-26-28-30-32-34-35-36-37-38-39-41-42-44-46-48-50-52-54-56-58-60-62-64-66-73(78)83-70-72(71-84-76(75(80)81)82-69-68-77(3,4)5)85-74(79)67-65-63-61-59-57-55-53-51-49-47-45-43-40-33-31-29-27-25-23-21-19-17-15-13-11-9-7-2/h8-11,14-17,20-23,26-29,33,40,45,47,72,76H,6-7,12-13,18-19,24-25,30-32,34-39,41-44,46,48-71H2,1-5H3/b10-8-,11-9-,16-14-,17-15-,22-20-,23-21-,28-26-,29-27-,40-33-,47-45-. The van der Waals surface area contributed by atoms with Crippen LogP contribution in [0.3, 0.4) is 0 Å². The maximum Gasteiger partial charge on any atom is 0.306 e. The summed E-state index contributed by atoms with van der Waals surface area (Å²) in [5, 5.41) is 11.8. The monoisotopic (exact) mass is 1180 g/mol. The summed E-state index contributed by atoms with van der Waals surface area (Å²) in [6.07, 6.45) is 89.9. The smallest absolute Gasteiger partial charge is 0.306 e. The van der Waals surface area contributed by atoms with Gasteiger partial charge in [-0.05, 0) is 103 Å². The molecule has 85 heavy (non-hydrogen) atoms. The summed E-state index contributed by atoms with van der Waals surface area (Å²) in [7, 11) is 5.92. The van der Waals surface area contributed by atoms with E-state index in [1.54, 1.807) is 0 Å². The Labute approximate surface area is 523 Å². The molecule has 0 aliphatic rings. The van der Waals surface area contributed by atoms with Crippen LogP contribution in [-0.2, 0) is 33.3 Å². The van der Waals surface area contributed by atoms with E-state index in [1.165, 1.54) is 141 Å². The number of carboxylic acids is 1. The first-order valence-corrected chi connectivity index (χ1v) is 34.7. The third-order valence-electron chi connectivity index (χ3n) is 14.7. The molecule has 0 aliphatic carbocycles. The van der Waals surface area contributed by atoms with E-state index < -0.39 is 24.3 Å². The minimum atomic E-state index is -1.63. The van der Waals surface area contributed by atoms with Crippen molar-refractivity contribution in [3.63, 3.8) is 0 Å². The summed E-state index contributed by atoms with van der Waals surface area (Å²) in [5.41, 5.74) is 0. The molecule has 9 nitrogen and oxygen atoms in total. The molecule has 0 saturated heterocycles. The quantitative estimate of drug-likeness (QED) is 0.0195. The summed E-state index contributed by atoms with van der Waals surface area (Å²) in [5.74, 6) is -2.29. The maximum absolute atomic E-state index is 12.9. The van der Waals surface area contributed by atoms with E-state index in [0.717, 1.165) is 109 Å². The number of hydrogen-bond acceptors (Lipinski definition) is 8. The largest absolute Gasteiger partial charge is 0.545 e.